The summed E-state index contributed by atoms with van der Waals surface area (Å²) in [6.07, 6.45) is 7.53. The topological polar surface area (TPSA) is 63.4 Å². The lowest BCUT2D eigenvalue weighted by atomic mass is 9.86. The minimum atomic E-state index is 0.311. The summed E-state index contributed by atoms with van der Waals surface area (Å²) in [7, 11) is 0. The average molecular weight is 361 g/mol. The maximum Gasteiger partial charge on any atom is 0.129 e. The number of hydrogen-bond acceptors (Lipinski definition) is 5. The van der Waals surface area contributed by atoms with Gasteiger partial charge in [0, 0.05) is 25.7 Å². The van der Waals surface area contributed by atoms with Crippen molar-refractivity contribution < 1.29 is 4.74 Å². The summed E-state index contributed by atoms with van der Waals surface area (Å²) in [6.45, 7) is 9.41. The van der Waals surface area contributed by atoms with Crippen molar-refractivity contribution in [2.45, 2.75) is 77.5 Å². The zero-order valence-corrected chi connectivity index (χ0v) is 16.7. The van der Waals surface area contributed by atoms with E-state index in [2.05, 4.69) is 43.1 Å². The summed E-state index contributed by atoms with van der Waals surface area (Å²) in [4.78, 5) is 7.29. The standard InChI is InChI=1S/C21H36N4O/c1-4-18-13-25(14-19(5-2)26-18)21-11-10-20(15(3)24-21)23-12-16-6-8-17(22)9-7-16/h10-11,16-19,23H,4-9,12-14,22H2,1-3H3/t16?,17?,18-,19+. The Morgan fingerprint density at radius 1 is 1.12 bits per heavy atom. The number of hydrogen-bond donors (Lipinski definition) is 2. The highest BCUT2D eigenvalue weighted by Crippen LogP contribution is 2.26. The molecule has 1 aromatic heterocycles. The number of aromatic nitrogens is 1. The molecule has 2 atom stereocenters. The molecule has 1 aliphatic heterocycles. The molecule has 0 amide bonds. The second-order valence-electron chi connectivity index (χ2n) is 8.07. The van der Waals surface area contributed by atoms with Crippen LogP contribution in [-0.4, -0.2) is 42.9 Å². The van der Waals surface area contributed by atoms with Crippen LogP contribution in [0.5, 0.6) is 0 Å². The van der Waals surface area contributed by atoms with Gasteiger partial charge in [-0.05, 0) is 63.5 Å². The second-order valence-corrected chi connectivity index (χ2v) is 8.07. The fourth-order valence-electron chi connectivity index (χ4n) is 4.12. The molecule has 26 heavy (non-hydrogen) atoms. The van der Waals surface area contributed by atoms with E-state index >= 15 is 0 Å². The molecule has 2 heterocycles. The quantitative estimate of drug-likeness (QED) is 0.810. The predicted molar refractivity (Wildman–Crippen MR) is 109 cm³/mol. The van der Waals surface area contributed by atoms with E-state index in [9.17, 15) is 0 Å². The number of ether oxygens (including phenoxy) is 1. The van der Waals surface area contributed by atoms with E-state index < -0.39 is 0 Å². The Morgan fingerprint density at radius 2 is 1.77 bits per heavy atom. The Bertz CT molecular complexity index is 559. The van der Waals surface area contributed by atoms with E-state index in [1.54, 1.807) is 0 Å². The SMILES string of the molecule is CC[C@@H]1CN(c2ccc(NCC3CCC(N)CC3)c(C)n2)C[C@H](CC)O1. The monoisotopic (exact) mass is 360 g/mol. The molecule has 1 saturated heterocycles. The Morgan fingerprint density at radius 3 is 2.35 bits per heavy atom. The normalized spacial score (nSPS) is 29.6. The lowest BCUT2D eigenvalue weighted by Crippen LogP contribution is -2.47. The van der Waals surface area contributed by atoms with Crippen LogP contribution in [0, 0.1) is 12.8 Å². The molecule has 0 radical (unpaired) electrons. The zero-order chi connectivity index (χ0) is 18.5. The molecule has 1 aliphatic carbocycles. The molecule has 5 nitrogen and oxygen atoms in total. The number of rotatable bonds is 6. The smallest absolute Gasteiger partial charge is 0.129 e. The highest BCUT2D eigenvalue weighted by Gasteiger charge is 2.26. The van der Waals surface area contributed by atoms with Crippen LogP contribution in [-0.2, 0) is 4.74 Å². The Labute approximate surface area is 158 Å². The van der Waals surface area contributed by atoms with Crippen molar-refractivity contribution in [1.29, 1.82) is 0 Å². The van der Waals surface area contributed by atoms with E-state index in [1.807, 2.05) is 0 Å². The molecule has 2 aliphatic rings. The summed E-state index contributed by atoms with van der Waals surface area (Å²) in [5.41, 5.74) is 8.26. The third-order valence-corrected chi connectivity index (χ3v) is 6.01. The highest BCUT2D eigenvalue weighted by atomic mass is 16.5. The van der Waals surface area contributed by atoms with Crippen molar-refractivity contribution in [3.05, 3.63) is 17.8 Å². The van der Waals surface area contributed by atoms with Crippen molar-refractivity contribution in [2.24, 2.45) is 11.7 Å². The lowest BCUT2D eigenvalue weighted by Gasteiger charge is -2.38. The highest BCUT2D eigenvalue weighted by molar-refractivity contribution is 5.54. The summed E-state index contributed by atoms with van der Waals surface area (Å²) < 4.78 is 6.11. The number of aryl methyl sites for hydroxylation is 1. The van der Waals surface area contributed by atoms with Gasteiger partial charge in [-0.25, -0.2) is 4.98 Å². The van der Waals surface area contributed by atoms with Crippen molar-refractivity contribution in [1.82, 2.24) is 4.98 Å². The van der Waals surface area contributed by atoms with Crippen LogP contribution in [0.4, 0.5) is 11.5 Å². The number of nitrogens with two attached hydrogens (primary N) is 1. The van der Waals surface area contributed by atoms with Crippen LogP contribution in [0.25, 0.3) is 0 Å². The van der Waals surface area contributed by atoms with Gasteiger partial charge in [0.1, 0.15) is 5.82 Å². The maximum atomic E-state index is 6.11. The van der Waals surface area contributed by atoms with Crippen LogP contribution in [0.1, 0.15) is 58.1 Å². The van der Waals surface area contributed by atoms with Crippen LogP contribution < -0.4 is 16.0 Å². The third kappa shape index (κ3) is 4.89. The molecule has 5 heteroatoms. The molecule has 1 aromatic rings. The number of pyridine rings is 1. The molecular formula is C21H36N4O. The molecule has 146 valence electrons. The molecule has 2 fully saturated rings. The van der Waals surface area contributed by atoms with E-state index in [0.717, 1.165) is 68.4 Å². The fourth-order valence-corrected chi connectivity index (χ4v) is 4.12. The minimum absolute atomic E-state index is 0.311. The van der Waals surface area contributed by atoms with Gasteiger partial charge in [-0.1, -0.05) is 13.8 Å². The van der Waals surface area contributed by atoms with Crippen molar-refractivity contribution >= 4 is 11.5 Å². The van der Waals surface area contributed by atoms with Gasteiger partial charge in [0.15, 0.2) is 0 Å². The summed E-state index contributed by atoms with van der Waals surface area (Å²) in [5.74, 6) is 1.82. The Kier molecular flexibility index (Phi) is 6.76. The van der Waals surface area contributed by atoms with E-state index in [0.29, 0.717) is 18.2 Å². The lowest BCUT2D eigenvalue weighted by molar-refractivity contribution is -0.0287. The summed E-state index contributed by atoms with van der Waals surface area (Å²) in [6, 6.07) is 4.78. The maximum absolute atomic E-state index is 6.11. The van der Waals surface area contributed by atoms with Gasteiger partial charge in [0.2, 0.25) is 0 Å². The fraction of sp³-hybridized carbons (Fsp3) is 0.762. The summed E-state index contributed by atoms with van der Waals surface area (Å²) in [5, 5.41) is 3.62. The zero-order valence-electron chi connectivity index (χ0n) is 16.7. The predicted octanol–water partition coefficient (Wildman–Crippen LogP) is 3.71. The van der Waals surface area contributed by atoms with E-state index in [4.69, 9.17) is 15.5 Å². The number of nitrogens with one attached hydrogen (secondary N) is 1. The van der Waals surface area contributed by atoms with Crippen LogP contribution in [0.3, 0.4) is 0 Å². The first kappa shape index (κ1) is 19.4. The molecule has 1 saturated carbocycles. The Balaban J connectivity index is 1.60. The molecule has 0 aromatic carbocycles. The minimum Gasteiger partial charge on any atom is -0.383 e. The number of morpholine rings is 1. The van der Waals surface area contributed by atoms with E-state index in [1.165, 1.54) is 12.8 Å². The van der Waals surface area contributed by atoms with Crippen LogP contribution >= 0.6 is 0 Å². The van der Waals surface area contributed by atoms with Gasteiger partial charge in [-0.3, -0.25) is 0 Å². The average Bonchev–Trinajstić information content (AvgIpc) is 2.67. The second kappa shape index (κ2) is 9.05. The molecule has 0 spiro atoms. The molecule has 3 N–H and O–H groups in total. The van der Waals surface area contributed by atoms with Crippen molar-refractivity contribution in [3.8, 4) is 0 Å². The molecule has 0 bridgehead atoms. The first-order chi connectivity index (χ1) is 12.6. The van der Waals surface area contributed by atoms with Gasteiger partial charge >= 0.3 is 0 Å². The van der Waals surface area contributed by atoms with Gasteiger partial charge in [-0.15, -0.1) is 0 Å². The Hall–Kier alpha value is -1.33. The third-order valence-electron chi connectivity index (χ3n) is 6.01. The van der Waals surface area contributed by atoms with Crippen LogP contribution in [0.2, 0.25) is 0 Å². The first-order valence-corrected chi connectivity index (χ1v) is 10.5. The van der Waals surface area contributed by atoms with Crippen molar-refractivity contribution in [2.75, 3.05) is 29.9 Å². The summed E-state index contributed by atoms with van der Waals surface area (Å²) >= 11 is 0. The number of nitrogens with zero attached hydrogens (tertiary/aromatic N) is 2. The first-order valence-electron chi connectivity index (χ1n) is 10.5. The van der Waals surface area contributed by atoms with Gasteiger partial charge in [0.05, 0.1) is 23.6 Å². The molecule has 0 unspecified atom stereocenters. The molecular weight excluding hydrogens is 324 g/mol. The van der Waals surface area contributed by atoms with Crippen molar-refractivity contribution in [3.63, 3.8) is 0 Å². The van der Waals surface area contributed by atoms with Gasteiger partial charge in [-0.2, -0.15) is 0 Å². The largest absolute Gasteiger partial charge is 0.383 e. The van der Waals surface area contributed by atoms with Gasteiger partial charge in [0.25, 0.3) is 0 Å². The van der Waals surface area contributed by atoms with Gasteiger partial charge < -0.3 is 20.7 Å². The van der Waals surface area contributed by atoms with E-state index in [-0.39, 0.29) is 0 Å². The van der Waals surface area contributed by atoms with Crippen LogP contribution in [0.15, 0.2) is 12.1 Å². The molecule has 3 rings (SSSR count). The number of anilines is 2.